The van der Waals surface area contributed by atoms with Gasteiger partial charge < -0.3 is 9.84 Å². The predicted molar refractivity (Wildman–Crippen MR) is 64.3 cm³/mol. The zero-order chi connectivity index (χ0) is 14.0. The second-order valence-corrected chi connectivity index (χ2v) is 3.81. The Balaban J connectivity index is 2.44. The Labute approximate surface area is 107 Å². The van der Waals surface area contributed by atoms with E-state index in [1.165, 1.54) is 30.1 Å². The van der Waals surface area contributed by atoms with Crippen molar-refractivity contribution in [3.63, 3.8) is 0 Å². The Morgan fingerprint density at radius 3 is 2.84 bits per heavy atom. The number of carbonyl (C=O) groups is 1. The first-order chi connectivity index (χ1) is 9.02. The summed E-state index contributed by atoms with van der Waals surface area (Å²) in [5.41, 5.74) is 0.0766. The van der Waals surface area contributed by atoms with Crippen LogP contribution in [0.1, 0.15) is 16.1 Å². The van der Waals surface area contributed by atoms with Crippen molar-refractivity contribution in [1.29, 1.82) is 0 Å². The van der Waals surface area contributed by atoms with Crippen LogP contribution in [0.3, 0.4) is 0 Å². The summed E-state index contributed by atoms with van der Waals surface area (Å²) in [6.07, 6.45) is 1.24. The highest BCUT2D eigenvalue weighted by Gasteiger charge is 2.16. The highest BCUT2D eigenvalue weighted by molar-refractivity contribution is 5.88. The summed E-state index contributed by atoms with van der Waals surface area (Å²) >= 11 is 0. The van der Waals surface area contributed by atoms with Gasteiger partial charge in [-0.1, -0.05) is 0 Å². The second-order valence-electron chi connectivity index (χ2n) is 3.81. The molecule has 0 saturated heterocycles. The SMILES string of the molecule is COc1ccc(=O)n(Cc2c(C(=O)O)cnn2C)n1. The molecule has 0 saturated carbocycles. The van der Waals surface area contributed by atoms with Crippen LogP contribution >= 0.6 is 0 Å². The summed E-state index contributed by atoms with van der Waals surface area (Å²) in [7, 11) is 3.04. The smallest absolute Gasteiger partial charge is 0.339 e. The highest BCUT2D eigenvalue weighted by atomic mass is 16.5. The van der Waals surface area contributed by atoms with Crippen molar-refractivity contribution in [3.8, 4) is 5.88 Å². The Kier molecular flexibility index (Phi) is 3.32. The maximum absolute atomic E-state index is 11.7. The molecule has 2 aromatic rings. The molecule has 0 aromatic carbocycles. The molecule has 2 rings (SSSR count). The first-order valence-corrected chi connectivity index (χ1v) is 5.39. The fraction of sp³-hybridized carbons (Fsp3) is 0.273. The lowest BCUT2D eigenvalue weighted by Gasteiger charge is -2.07. The number of aromatic carboxylic acids is 1. The van der Waals surface area contributed by atoms with Crippen molar-refractivity contribution in [3.05, 3.63) is 39.9 Å². The standard InChI is InChI=1S/C11H12N4O4/c1-14-8(7(5-12-14)11(17)18)6-15-10(16)4-3-9(13-15)19-2/h3-5H,6H2,1-2H3,(H,17,18). The fourth-order valence-electron chi connectivity index (χ4n) is 1.62. The van der Waals surface area contributed by atoms with Gasteiger partial charge in [-0.05, 0) is 0 Å². The van der Waals surface area contributed by atoms with E-state index in [2.05, 4.69) is 10.2 Å². The van der Waals surface area contributed by atoms with Gasteiger partial charge in [-0.25, -0.2) is 9.48 Å². The van der Waals surface area contributed by atoms with Crippen LogP contribution in [0, 0.1) is 0 Å². The third kappa shape index (κ3) is 2.46. The minimum absolute atomic E-state index is 0.00810. The van der Waals surface area contributed by atoms with Gasteiger partial charge in [0.05, 0.1) is 25.5 Å². The number of hydrogen-bond donors (Lipinski definition) is 1. The van der Waals surface area contributed by atoms with Crippen LogP contribution in [0.15, 0.2) is 23.1 Å². The molecule has 2 aromatic heterocycles. The van der Waals surface area contributed by atoms with Gasteiger partial charge >= 0.3 is 5.97 Å². The summed E-state index contributed by atoms with van der Waals surface area (Å²) in [5, 5.41) is 16.9. The molecular formula is C11H12N4O4. The van der Waals surface area contributed by atoms with Gasteiger partial charge in [0.15, 0.2) is 0 Å². The van der Waals surface area contributed by atoms with Gasteiger partial charge in [-0.3, -0.25) is 9.48 Å². The number of aryl methyl sites for hydroxylation is 1. The molecule has 0 unspecified atom stereocenters. The molecule has 0 aliphatic rings. The van der Waals surface area contributed by atoms with E-state index >= 15 is 0 Å². The first kappa shape index (κ1) is 12.8. The molecule has 2 heterocycles. The van der Waals surface area contributed by atoms with E-state index in [1.807, 2.05) is 0 Å². The number of nitrogens with zero attached hydrogens (tertiary/aromatic N) is 4. The zero-order valence-electron chi connectivity index (χ0n) is 10.4. The molecule has 0 atom stereocenters. The van der Waals surface area contributed by atoms with Gasteiger partial charge in [-0.15, -0.1) is 5.10 Å². The minimum Gasteiger partial charge on any atom is -0.480 e. The van der Waals surface area contributed by atoms with Gasteiger partial charge in [0.2, 0.25) is 5.88 Å². The average molecular weight is 264 g/mol. The number of carboxylic acid groups (broad SMARTS) is 1. The van der Waals surface area contributed by atoms with E-state index in [0.717, 1.165) is 4.68 Å². The zero-order valence-corrected chi connectivity index (χ0v) is 10.4. The van der Waals surface area contributed by atoms with Crippen molar-refractivity contribution >= 4 is 5.97 Å². The van der Waals surface area contributed by atoms with Crippen LogP contribution < -0.4 is 10.3 Å². The summed E-state index contributed by atoms with van der Waals surface area (Å²) < 4.78 is 7.45. The van der Waals surface area contributed by atoms with E-state index in [9.17, 15) is 9.59 Å². The molecule has 0 radical (unpaired) electrons. The Morgan fingerprint density at radius 2 is 2.21 bits per heavy atom. The summed E-state index contributed by atoms with van der Waals surface area (Å²) in [6.45, 7) is 0.00810. The van der Waals surface area contributed by atoms with E-state index in [1.54, 1.807) is 7.05 Å². The van der Waals surface area contributed by atoms with Crippen LogP contribution in [0.2, 0.25) is 0 Å². The molecule has 0 spiro atoms. The molecule has 8 nitrogen and oxygen atoms in total. The maximum atomic E-state index is 11.7. The Hall–Kier alpha value is -2.64. The largest absolute Gasteiger partial charge is 0.480 e. The van der Waals surface area contributed by atoms with E-state index in [0.29, 0.717) is 5.69 Å². The number of hydrogen-bond acceptors (Lipinski definition) is 5. The van der Waals surface area contributed by atoms with Crippen LogP contribution in [0.25, 0.3) is 0 Å². The monoisotopic (exact) mass is 264 g/mol. The maximum Gasteiger partial charge on any atom is 0.339 e. The van der Waals surface area contributed by atoms with Crippen molar-refractivity contribution < 1.29 is 14.6 Å². The first-order valence-electron chi connectivity index (χ1n) is 5.39. The quantitative estimate of drug-likeness (QED) is 0.816. The van der Waals surface area contributed by atoms with Crippen LogP contribution in [0.5, 0.6) is 5.88 Å². The van der Waals surface area contributed by atoms with Gasteiger partial charge in [0, 0.05) is 19.2 Å². The van der Waals surface area contributed by atoms with Gasteiger partial charge in [0.25, 0.3) is 5.56 Å². The molecule has 0 bridgehead atoms. The number of ether oxygens (including phenoxy) is 1. The normalized spacial score (nSPS) is 10.4. The highest BCUT2D eigenvalue weighted by Crippen LogP contribution is 2.09. The summed E-state index contributed by atoms with van der Waals surface area (Å²) in [5.74, 6) is -0.822. The van der Waals surface area contributed by atoms with Crippen molar-refractivity contribution in [2.45, 2.75) is 6.54 Å². The molecule has 19 heavy (non-hydrogen) atoms. The van der Waals surface area contributed by atoms with Gasteiger partial charge in [-0.2, -0.15) is 5.10 Å². The second kappa shape index (κ2) is 4.92. The van der Waals surface area contributed by atoms with Crippen molar-refractivity contribution in [2.75, 3.05) is 7.11 Å². The third-order valence-corrected chi connectivity index (χ3v) is 2.64. The third-order valence-electron chi connectivity index (χ3n) is 2.64. The van der Waals surface area contributed by atoms with E-state index < -0.39 is 5.97 Å². The van der Waals surface area contributed by atoms with Crippen LogP contribution in [-0.2, 0) is 13.6 Å². The average Bonchev–Trinajstić information content (AvgIpc) is 2.74. The van der Waals surface area contributed by atoms with Crippen LogP contribution in [0.4, 0.5) is 0 Å². The number of carboxylic acids is 1. The molecule has 1 N–H and O–H groups in total. The Bertz CT molecular complexity index is 674. The van der Waals surface area contributed by atoms with E-state index in [4.69, 9.17) is 9.84 Å². The topological polar surface area (TPSA) is 99.2 Å². The summed E-state index contributed by atoms with van der Waals surface area (Å²) in [4.78, 5) is 22.7. The molecule has 0 fully saturated rings. The van der Waals surface area contributed by atoms with E-state index in [-0.39, 0.29) is 23.5 Å². The van der Waals surface area contributed by atoms with Crippen molar-refractivity contribution in [1.82, 2.24) is 19.6 Å². The molecule has 100 valence electrons. The molecular weight excluding hydrogens is 252 g/mol. The molecule has 0 aliphatic heterocycles. The fourth-order valence-corrected chi connectivity index (χ4v) is 1.62. The van der Waals surface area contributed by atoms with Gasteiger partial charge in [0.1, 0.15) is 5.56 Å². The van der Waals surface area contributed by atoms with Crippen LogP contribution in [-0.4, -0.2) is 37.7 Å². The minimum atomic E-state index is -1.10. The number of aromatic nitrogens is 4. The lowest BCUT2D eigenvalue weighted by Crippen LogP contribution is -2.24. The number of rotatable bonds is 4. The van der Waals surface area contributed by atoms with Crippen molar-refractivity contribution in [2.24, 2.45) is 7.05 Å². The Morgan fingerprint density at radius 1 is 1.47 bits per heavy atom. The summed E-state index contributed by atoms with van der Waals surface area (Å²) in [6, 6.07) is 2.75. The molecule has 0 aliphatic carbocycles. The molecule has 0 amide bonds. The lowest BCUT2D eigenvalue weighted by molar-refractivity contribution is 0.0695. The predicted octanol–water partition coefficient (Wildman–Crippen LogP) is -0.268. The lowest BCUT2D eigenvalue weighted by atomic mass is 10.2. The number of methoxy groups -OCH3 is 1. The molecule has 8 heteroatoms.